The monoisotopic (exact) mass is 841 g/mol. The second-order valence-corrected chi connectivity index (χ2v) is 58.5. The van der Waals surface area contributed by atoms with Crippen molar-refractivity contribution in [2.24, 2.45) is 0 Å². The van der Waals surface area contributed by atoms with E-state index in [9.17, 15) is 0 Å². The molecule has 45 heavy (non-hydrogen) atoms. The van der Waals surface area contributed by atoms with Gasteiger partial charge in [-0.1, -0.05) is 0 Å². The fourth-order valence-electron chi connectivity index (χ4n) is 7.24. The van der Waals surface area contributed by atoms with Crippen LogP contribution in [0.2, 0.25) is 13.1 Å². The van der Waals surface area contributed by atoms with Crippen LogP contribution in [0.1, 0.15) is 65.6 Å². The van der Waals surface area contributed by atoms with Crippen LogP contribution in [0, 0.1) is 0 Å². The number of halogens is 4. The van der Waals surface area contributed by atoms with E-state index < -0.39 is 42.3 Å². The maximum atomic E-state index is 8.36. The molecule has 2 aliphatic carbocycles. The topological polar surface area (TPSA) is 0 Å². The van der Waals surface area contributed by atoms with E-state index in [1.165, 1.54) is 55.7 Å². The van der Waals surface area contributed by atoms with Gasteiger partial charge in [-0.25, -0.2) is 0 Å². The first-order valence-corrected chi connectivity index (χ1v) is 37.9. The van der Waals surface area contributed by atoms with E-state index in [0.717, 1.165) is 0 Å². The van der Waals surface area contributed by atoms with Crippen LogP contribution >= 0.6 is 34.1 Å². The van der Waals surface area contributed by atoms with E-state index >= 15 is 0 Å². The molecule has 0 N–H and O–H groups in total. The Hall–Kier alpha value is -1.02. The molecule has 4 aromatic carbocycles. The average Bonchev–Trinajstić information content (AvgIpc) is 3.57. The molecule has 0 radical (unpaired) electrons. The van der Waals surface area contributed by atoms with E-state index in [0.29, 0.717) is 0 Å². The molecule has 0 bridgehead atoms. The van der Waals surface area contributed by atoms with Crippen molar-refractivity contribution in [3.05, 3.63) is 153 Å². The minimum atomic E-state index is -4.65. The Morgan fingerprint density at radius 3 is 1.31 bits per heavy atom. The Morgan fingerprint density at radius 2 is 0.956 bits per heavy atom. The molecule has 0 aliphatic heterocycles. The zero-order chi connectivity index (χ0) is 32.2. The fourth-order valence-corrected chi connectivity index (χ4v) is 40.2. The number of hydrogen-bond acceptors (Lipinski definition) is 0. The van der Waals surface area contributed by atoms with E-state index in [2.05, 4.69) is 160 Å². The van der Waals surface area contributed by atoms with Crippen molar-refractivity contribution in [2.45, 2.75) is 34.2 Å². The minimum absolute atomic E-state index is 0.101. The molecule has 2 unspecified atom stereocenters. The third-order valence-electron chi connectivity index (χ3n) is 9.34. The number of hydrogen-bond donors (Lipinski definition) is 0. The molecule has 2 atom stereocenters. The summed E-state index contributed by atoms with van der Waals surface area (Å²) in [4.78, 5) is 0. The summed E-state index contributed by atoms with van der Waals surface area (Å²) < 4.78 is 0.202. The van der Waals surface area contributed by atoms with Crippen LogP contribution in [0.4, 0.5) is 0 Å². The van der Waals surface area contributed by atoms with Crippen LogP contribution in [-0.4, -0.2) is 5.92 Å². The third-order valence-corrected chi connectivity index (χ3v) is 61.6. The molecule has 0 saturated heterocycles. The van der Waals surface area contributed by atoms with Crippen LogP contribution in [-0.2, 0) is 36.4 Å². The quantitative estimate of drug-likeness (QED) is 0.128. The molecular formula is C38H37Cl4SiZr2. The molecule has 229 valence electrons. The molecule has 2 aliphatic rings. The van der Waals surface area contributed by atoms with E-state index in [-0.39, 0.29) is 7.25 Å². The zero-order valence-electron chi connectivity index (χ0n) is 25.9. The first kappa shape index (κ1) is 35.3. The van der Waals surface area contributed by atoms with Gasteiger partial charge in [-0.15, -0.1) is 0 Å². The van der Waals surface area contributed by atoms with Gasteiger partial charge in [0.15, 0.2) is 0 Å². The molecule has 0 spiro atoms. The van der Waals surface area contributed by atoms with Gasteiger partial charge in [0.05, 0.1) is 0 Å². The van der Waals surface area contributed by atoms with Crippen molar-refractivity contribution in [1.82, 2.24) is 0 Å². The first-order chi connectivity index (χ1) is 21.6. The molecule has 0 amide bonds. The van der Waals surface area contributed by atoms with Gasteiger partial charge in [0, 0.05) is 0 Å². The Balaban J connectivity index is 0.00000128. The van der Waals surface area contributed by atoms with Crippen molar-refractivity contribution in [1.29, 1.82) is 0 Å². The molecule has 7 heteroatoms. The number of rotatable bonds is 7. The molecule has 0 saturated carbocycles. The predicted octanol–water partition coefficient (Wildman–Crippen LogP) is 13.0. The molecule has 4 aromatic rings. The molecule has 0 aromatic heterocycles. The van der Waals surface area contributed by atoms with Crippen molar-refractivity contribution in [3.63, 3.8) is 0 Å². The fraction of sp³-hybridized carbons (Fsp3) is 0.158. The molecule has 0 heterocycles. The number of fused-ring (bicyclic) bond motifs is 2. The Morgan fingerprint density at radius 1 is 0.578 bits per heavy atom. The van der Waals surface area contributed by atoms with E-state index in [1.807, 2.05) is 0 Å². The summed E-state index contributed by atoms with van der Waals surface area (Å²) in [5, 5.41) is 0. The van der Waals surface area contributed by atoms with Crippen LogP contribution in [0.3, 0.4) is 0 Å². The van der Waals surface area contributed by atoms with Gasteiger partial charge < -0.3 is 0 Å². The second-order valence-electron chi connectivity index (χ2n) is 12.3. The normalized spacial score (nSPS) is 18.1. The summed E-state index contributed by atoms with van der Waals surface area (Å²) in [5.41, 5.74) is 12.7. The summed E-state index contributed by atoms with van der Waals surface area (Å²) in [6.07, 6.45) is 13.6. The van der Waals surface area contributed by atoms with Crippen molar-refractivity contribution >= 4 is 76.4 Å². The summed E-state index contributed by atoms with van der Waals surface area (Å²) in [7, 11) is 26.6. The zero-order valence-corrected chi connectivity index (χ0v) is 35.0. The SMILES string of the molecule is CC1=Cc2c(C=Cc3ccccc3)cccc2[CH]1[Zr]([Cl])([Cl])([CH]1C(C)=Cc2c(C=Cc3ccccc3)cccc21)[SiH](C)C.[Cl][Zr][Cl]. The number of allylic oxidation sites excluding steroid dienone is 2. The Bertz CT molecular complexity index is 1670. The van der Waals surface area contributed by atoms with Crippen LogP contribution in [0.5, 0.6) is 0 Å². The Labute approximate surface area is 296 Å². The van der Waals surface area contributed by atoms with E-state index in [4.69, 9.17) is 34.1 Å². The van der Waals surface area contributed by atoms with Crippen LogP contribution in [0.15, 0.2) is 108 Å². The average molecular weight is 846 g/mol. The first-order valence-electron chi connectivity index (χ1n) is 15.2. The summed E-state index contributed by atoms with van der Waals surface area (Å²) in [6.45, 7) is 9.33. The van der Waals surface area contributed by atoms with Gasteiger partial charge >= 0.3 is 300 Å². The van der Waals surface area contributed by atoms with Gasteiger partial charge in [-0.05, 0) is 0 Å². The van der Waals surface area contributed by atoms with Crippen molar-refractivity contribution in [2.75, 3.05) is 0 Å². The second kappa shape index (κ2) is 15.0. The number of benzene rings is 4. The van der Waals surface area contributed by atoms with Crippen LogP contribution < -0.4 is 0 Å². The third kappa shape index (κ3) is 7.08. The van der Waals surface area contributed by atoms with Crippen molar-refractivity contribution < 1.29 is 36.4 Å². The van der Waals surface area contributed by atoms with Gasteiger partial charge in [0.25, 0.3) is 0 Å². The van der Waals surface area contributed by atoms with Gasteiger partial charge in [0.2, 0.25) is 0 Å². The molecule has 0 nitrogen and oxygen atoms in total. The van der Waals surface area contributed by atoms with Crippen molar-refractivity contribution in [3.8, 4) is 0 Å². The molecule has 6 rings (SSSR count). The van der Waals surface area contributed by atoms with Gasteiger partial charge in [0.1, 0.15) is 0 Å². The van der Waals surface area contributed by atoms with E-state index in [1.54, 1.807) is 0 Å². The standard InChI is InChI=1S/2C18H15.C2H7Si.4ClH.2Zr/c2*1-14-12-17-9-5-8-16(18(17)13-14)11-10-15-6-3-2-4-7-15;1-3-2;;;;;;/h2*2-13H,1H3;3H,1-2H3;4*1H;;/q;;;;;;;2*+2/p-4. The predicted molar refractivity (Wildman–Crippen MR) is 199 cm³/mol. The summed E-state index contributed by atoms with van der Waals surface area (Å²) in [6, 6.07) is 34.3. The van der Waals surface area contributed by atoms with Crippen LogP contribution in [0.25, 0.3) is 36.5 Å². The maximum absolute atomic E-state index is 8.36. The van der Waals surface area contributed by atoms with Gasteiger partial charge in [-0.2, -0.15) is 0 Å². The van der Waals surface area contributed by atoms with Gasteiger partial charge in [-0.3, -0.25) is 0 Å². The Kier molecular flexibility index (Phi) is 11.8. The molecule has 0 fully saturated rings. The summed E-state index contributed by atoms with van der Waals surface area (Å²) >= 11 is -5.48. The molecular weight excluding hydrogens is 809 g/mol. The summed E-state index contributed by atoms with van der Waals surface area (Å²) in [5.74, 6) is -1.56.